The molecule has 1 amide bonds. The highest BCUT2D eigenvalue weighted by atomic mass is 16.5. The third kappa shape index (κ3) is 2.72. The summed E-state index contributed by atoms with van der Waals surface area (Å²) in [5.74, 6) is 0.0762. The number of nitrogens with two attached hydrogens (primary N) is 1. The fraction of sp³-hybridized carbons (Fsp3) is 0.533. The van der Waals surface area contributed by atoms with Gasteiger partial charge in [-0.1, -0.05) is 13.0 Å². The van der Waals surface area contributed by atoms with Crippen molar-refractivity contribution in [2.24, 2.45) is 11.1 Å². The molecule has 3 N–H and O–H groups in total. The summed E-state index contributed by atoms with van der Waals surface area (Å²) in [6.07, 6.45) is 1.78. The first kappa shape index (κ1) is 14.7. The van der Waals surface area contributed by atoms with E-state index < -0.39 is 0 Å². The van der Waals surface area contributed by atoms with E-state index in [2.05, 4.69) is 6.92 Å². The van der Waals surface area contributed by atoms with Gasteiger partial charge in [-0.2, -0.15) is 0 Å². The molecule has 2 rings (SSSR count). The lowest BCUT2D eigenvalue weighted by Gasteiger charge is -2.38. The number of para-hydroxylation sites is 1. The number of hydrogen-bond acceptors (Lipinski definition) is 4. The maximum atomic E-state index is 12.5. The van der Waals surface area contributed by atoms with E-state index in [0.29, 0.717) is 30.9 Å². The molecular weight excluding hydrogens is 256 g/mol. The van der Waals surface area contributed by atoms with Gasteiger partial charge in [0.2, 0.25) is 0 Å². The lowest BCUT2D eigenvalue weighted by atomic mass is 9.80. The van der Waals surface area contributed by atoms with Crippen LogP contribution in [0.4, 0.5) is 0 Å². The Kier molecular flexibility index (Phi) is 4.18. The number of benzene rings is 1. The summed E-state index contributed by atoms with van der Waals surface area (Å²) in [7, 11) is 1.47. The van der Waals surface area contributed by atoms with Crippen molar-refractivity contribution in [3.63, 3.8) is 0 Å². The summed E-state index contributed by atoms with van der Waals surface area (Å²) in [6, 6.07) is 4.96. The molecule has 1 aliphatic heterocycles. The van der Waals surface area contributed by atoms with Gasteiger partial charge in [0.1, 0.15) is 0 Å². The van der Waals surface area contributed by atoms with E-state index in [1.54, 1.807) is 23.1 Å². The van der Waals surface area contributed by atoms with Gasteiger partial charge in [0.05, 0.1) is 12.7 Å². The second-order valence-electron chi connectivity index (χ2n) is 5.66. The molecule has 1 aromatic carbocycles. The summed E-state index contributed by atoms with van der Waals surface area (Å²) in [5.41, 5.74) is 6.18. The van der Waals surface area contributed by atoms with Crippen molar-refractivity contribution in [3.05, 3.63) is 23.8 Å². The van der Waals surface area contributed by atoms with Gasteiger partial charge in [-0.15, -0.1) is 0 Å². The number of nitrogens with zero attached hydrogens (tertiary/aromatic N) is 1. The van der Waals surface area contributed by atoms with Crippen molar-refractivity contribution in [2.45, 2.75) is 19.8 Å². The van der Waals surface area contributed by atoms with E-state index >= 15 is 0 Å². The number of hydrogen-bond donors (Lipinski definition) is 2. The van der Waals surface area contributed by atoms with Crippen LogP contribution in [0.1, 0.15) is 30.1 Å². The third-order valence-corrected chi connectivity index (χ3v) is 4.20. The number of amides is 1. The molecule has 20 heavy (non-hydrogen) atoms. The molecule has 1 aromatic rings. The molecular formula is C15H22N2O3. The first-order valence-corrected chi connectivity index (χ1v) is 6.86. The highest BCUT2D eigenvalue weighted by molar-refractivity contribution is 5.97. The zero-order valence-electron chi connectivity index (χ0n) is 12.1. The zero-order chi connectivity index (χ0) is 14.8. The average molecular weight is 278 g/mol. The molecule has 110 valence electrons. The molecule has 0 aromatic heterocycles. The molecule has 5 nitrogen and oxygen atoms in total. The maximum absolute atomic E-state index is 12.5. The van der Waals surface area contributed by atoms with Gasteiger partial charge in [0.15, 0.2) is 11.5 Å². The van der Waals surface area contributed by atoms with Crippen LogP contribution in [-0.2, 0) is 0 Å². The Bertz CT molecular complexity index is 494. The smallest absolute Gasteiger partial charge is 0.257 e. The normalized spacial score (nSPS) is 17.9. The van der Waals surface area contributed by atoms with Crippen molar-refractivity contribution in [2.75, 3.05) is 26.7 Å². The van der Waals surface area contributed by atoms with Crippen molar-refractivity contribution < 1.29 is 14.6 Å². The fourth-order valence-corrected chi connectivity index (χ4v) is 2.48. The molecule has 0 saturated carbocycles. The topological polar surface area (TPSA) is 75.8 Å². The van der Waals surface area contributed by atoms with Crippen LogP contribution < -0.4 is 10.5 Å². The third-order valence-electron chi connectivity index (χ3n) is 4.20. The van der Waals surface area contributed by atoms with Crippen LogP contribution in [0.5, 0.6) is 11.5 Å². The maximum Gasteiger partial charge on any atom is 0.257 e. The first-order chi connectivity index (χ1) is 9.50. The van der Waals surface area contributed by atoms with Gasteiger partial charge in [-0.3, -0.25) is 4.79 Å². The monoisotopic (exact) mass is 278 g/mol. The Labute approximate surface area is 119 Å². The predicted octanol–water partition coefficient (Wildman–Crippen LogP) is 1.60. The largest absolute Gasteiger partial charge is 0.504 e. The fourth-order valence-electron chi connectivity index (χ4n) is 2.48. The van der Waals surface area contributed by atoms with E-state index in [9.17, 15) is 9.90 Å². The van der Waals surface area contributed by atoms with Crippen molar-refractivity contribution in [1.29, 1.82) is 0 Å². The number of likely N-dealkylation sites (tertiary alicyclic amines) is 1. The van der Waals surface area contributed by atoms with Crippen LogP contribution in [0.25, 0.3) is 0 Å². The minimum Gasteiger partial charge on any atom is -0.504 e. The van der Waals surface area contributed by atoms with E-state index in [4.69, 9.17) is 10.5 Å². The number of piperidine rings is 1. The van der Waals surface area contributed by atoms with Crippen molar-refractivity contribution in [3.8, 4) is 11.5 Å². The highest BCUT2D eigenvalue weighted by Gasteiger charge is 2.31. The minimum atomic E-state index is -0.152. The summed E-state index contributed by atoms with van der Waals surface area (Å²) >= 11 is 0. The molecule has 0 spiro atoms. The lowest BCUT2D eigenvalue weighted by Crippen LogP contribution is -2.44. The lowest BCUT2D eigenvalue weighted by molar-refractivity contribution is 0.0614. The summed E-state index contributed by atoms with van der Waals surface area (Å²) in [4.78, 5) is 14.2. The number of carbonyl (C=O) groups excluding carboxylic acids is 1. The van der Waals surface area contributed by atoms with E-state index in [1.165, 1.54) is 7.11 Å². The Balaban J connectivity index is 2.13. The summed E-state index contributed by atoms with van der Waals surface area (Å²) in [6.45, 7) is 4.13. The Hall–Kier alpha value is -1.75. The molecule has 1 heterocycles. The Morgan fingerprint density at radius 3 is 2.65 bits per heavy atom. The number of carbonyl (C=O) groups is 1. The van der Waals surface area contributed by atoms with E-state index in [0.717, 1.165) is 12.8 Å². The molecule has 5 heteroatoms. The van der Waals surface area contributed by atoms with Gasteiger partial charge in [-0.05, 0) is 36.9 Å². The Morgan fingerprint density at radius 2 is 2.10 bits per heavy atom. The van der Waals surface area contributed by atoms with Gasteiger partial charge in [0.25, 0.3) is 5.91 Å². The van der Waals surface area contributed by atoms with Crippen molar-refractivity contribution >= 4 is 5.91 Å². The van der Waals surface area contributed by atoms with Crippen LogP contribution in [0.15, 0.2) is 18.2 Å². The second kappa shape index (κ2) is 5.71. The number of ether oxygens (including phenoxy) is 1. The van der Waals surface area contributed by atoms with Gasteiger partial charge >= 0.3 is 0 Å². The molecule has 0 atom stereocenters. The van der Waals surface area contributed by atoms with Crippen LogP contribution in [0.3, 0.4) is 0 Å². The molecule has 1 fully saturated rings. The van der Waals surface area contributed by atoms with Gasteiger partial charge < -0.3 is 20.5 Å². The first-order valence-electron chi connectivity index (χ1n) is 6.86. The van der Waals surface area contributed by atoms with E-state index in [1.807, 2.05) is 0 Å². The number of methoxy groups -OCH3 is 1. The zero-order valence-corrected chi connectivity index (χ0v) is 12.1. The van der Waals surface area contributed by atoms with Crippen LogP contribution in [0.2, 0.25) is 0 Å². The van der Waals surface area contributed by atoms with E-state index in [-0.39, 0.29) is 17.1 Å². The SMILES string of the molecule is COc1cccc(C(=O)N2CCC(C)(CN)CC2)c1O. The molecule has 0 bridgehead atoms. The molecule has 1 saturated heterocycles. The Morgan fingerprint density at radius 1 is 1.45 bits per heavy atom. The molecule has 0 unspecified atom stereocenters. The number of phenols is 1. The van der Waals surface area contributed by atoms with Crippen LogP contribution >= 0.6 is 0 Å². The average Bonchev–Trinajstić information content (AvgIpc) is 2.47. The second-order valence-corrected chi connectivity index (χ2v) is 5.66. The predicted molar refractivity (Wildman–Crippen MR) is 77.0 cm³/mol. The standard InChI is InChI=1S/C15H22N2O3/c1-15(10-16)6-8-17(9-7-15)14(19)11-4-3-5-12(20-2)13(11)18/h3-5,18H,6-10,16H2,1-2H3. The number of aromatic hydroxyl groups is 1. The quantitative estimate of drug-likeness (QED) is 0.880. The number of rotatable bonds is 3. The molecule has 1 aliphatic rings. The van der Waals surface area contributed by atoms with Gasteiger partial charge in [0, 0.05) is 13.1 Å². The molecule has 0 aliphatic carbocycles. The highest BCUT2D eigenvalue weighted by Crippen LogP contribution is 2.33. The van der Waals surface area contributed by atoms with Crippen LogP contribution in [0, 0.1) is 5.41 Å². The summed E-state index contributed by atoms with van der Waals surface area (Å²) < 4.78 is 5.04. The molecule has 0 radical (unpaired) electrons. The van der Waals surface area contributed by atoms with Crippen LogP contribution in [-0.4, -0.2) is 42.7 Å². The van der Waals surface area contributed by atoms with Crippen molar-refractivity contribution in [1.82, 2.24) is 4.90 Å². The summed E-state index contributed by atoms with van der Waals surface area (Å²) in [5, 5.41) is 10.0. The van der Waals surface area contributed by atoms with Gasteiger partial charge in [-0.25, -0.2) is 0 Å². The number of phenolic OH excluding ortho intramolecular Hbond substituents is 1. The minimum absolute atomic E-state index is 0.0906.